The molecule has 0 unspecified atom stereocenters. The van der Waals surface area contributed by atoms with E-state index in [1.165, 1.54) is 6.20 Å². The molecule has 0 spiro atoms. The summed E-state index contributed by atoms with van der Waals surface area (Å²) in [5.41, 5.74) is 2.15. The van der Waals surface area contributed by atoms with E-state index in [-0.39, 0.29) is 5.91 Å². The smallest absolute Gasteiger partial charge is 0.278 e. The highest BCUT2D eigenvalue weighted by Crippen LogP contribution is 2.14. The van der Waals surface area contributed by atoms with Gasteiger partial charge in [-0.25, -0.2) is 9.97 Å². The summed E-state index contributed by atoms with van der Waals surface area (Å²) in [7, 11) is 1.72. The van der Waals surface area contributed by atoms with Gasteiger partial charge in [0.25, 0.3) is 5.91 Å². The summed E-state index contributed by atoms with van der Waals surface area (Å²) in [5, 5.41) is 3.15. The average molecular weight is 319 g/mol. The Bertz CT molecular complexity index is 791. The molecule has 2 aromatic heterocycles. The van der Waals surface area contributed by atoms with Gasteiger partial charge in [-0.2, -0.15) is 0 Å². The van der Waals surface area contributed by atoms with E-state index in [0.717, 1.165) is 11.3 Å². The summed E-state index contributed by atoms with van der Waals surface area (Å²) < 4.78 is 0. The summed E-state index contributed by atoms with van der Waals surface area (Å²) in [6, 6.07) is 13.3. The summed E-state index contributed by atoms with van der Waals surface area (Å²) >= 11 is 0. The number of aromatic nitrogens is 3. The van der Waals surface area contributed by atoms with Crippen LogP contribution in [0.15, 0.2) is 67.3 Å². The minimum Gasteiger partial charge on any atom is -0.365 e. The molecule has 0 bridgehead atoms. The third-order valence-corrected chi connectivity index (χ3v) is 3.52. The number of carbonyl (C=O) groups excluding carboxylic acids is 1. The van der Waals surface area contributed by atoms with E-state index in [0.29, 0.717) is 18.1 Å². The van der Waals surface area contributed by atoms with Crippen molar-refractivity contribution in [3.63, 3.8) is 0 Å². The van der Waals surface area contributed by atoms with Crippen LogP contribution in [-0.2, 0) is 6.54 Å². The number of carbonyl (C=O) groups is 1. The van der Waals surface area contributed by atoms with Crippen LogP contribution in [0.4, 0.5) is 11.5 Å². The van der Waals surface area contributed by atoms with Gasteiger partial charge in [0.15, 0.2) is 0 Å². The summed E-state index contributed by atoms with van der Waals surface area (Å²) in [5.74, 6) is 0.408. The van der Waals surface area contributed by atoms with Crippen molar-refractivity contribution in [3.8, 4) is 0 Å². The monoisotopic (exact) mass is 319 g/mol. The first-order valence-corrected chi connectivity index (χ1v) is 7.52. The Kier molecular flexibility index (Phi) is 4.76. The second kappa shape index (κ2) is 7.32. The Morgan fingerprint density at radius 2 is 1.88 bits per heavy atom. The molecule has 1 N–H and O–H groups in total. The first-order chi connectivity index (χ1) is 11.7. The minimum atomic E-state index is -0.201. The maximum atomic E-state index is 12.4. The molecule has 2 heterocycles. The van der Waals surface area contributed by atoms with E-state index >= 15 is 0 Å². The fraction of sp³-hybridized carbons (Fsp3) is 0.111. The Balaban J connectivity index is 1.64. The lowest BCUT2D eigenvalue weighted by atomic mass is 10.3. The van der Waals surface area contributed by atoms with Crippen LogP contribution >= 0.6 is 0 Å². The van der Waals surface area contributed by atoms with Gasteiger partial charge in [0.2, 0.25) is 0 Å². The van der Waals surface area contributed by atoms with E-state index in [2.05, 4.69) is 20.3 Å². The highest BCUT2D eigenvalue weighted by Gasteiger charge is 2.15. The van der Waals surface area contributed by atoms with Crippen LogP contribution in [0.5, 0.6) is 0 Å². The van der Waals surface area contributed by atoms with E-state index in [1.807, 2.05) is 42.5 Å². The third kappa shape index (κ3) is 3.73. The van der Waals surface area contributed by atoms with Crippen molar-refractivity contribution >= 4 is 17.4 Å². The van der Waals surface area contributed by atoms with E-state index in [1.54, 1.807) is 30.5 Å². The van der Waals surface area contributed by atoms with Crippen molar-refractivity contribution in [2.75, 3.05) is 17.3 Å². The molecule has 0 fully saturated rings. The lowest BCUT2D eigenvalue weighted by molar-refractivity contribution is 0.0988. The molecule has 6 heteroatoms. The van der Waals surface area contributed by atoms with Gasteiger partial charge in [-0.1, -0.05) is 24.3 Å². The summed E-state index contributed by atoms with van der Waals surface area (Å²) in [6.07, 6.45) is 6.55. The van der Waals surface area contributed by atoms with Gasteiger partial charge in [0.05, 0.1) is 12.4 Å². The van der Waals surface area contributed by atoms with Gasteiger partial charge < -0.3 is 10.2 Å². The Labute approximate surface area is 140 Å². The molecular weight excluding hydrogens is 302 g/mol. The number of para-hydroxylation sites is 1. The Hall–Kier alpha value is -3.28. The zero-order valence-corrected chi connectivity index (χ0v) is 13.3. The molecule has 24 heavy (non-hydrogen) atoms. The second-order valence-electron chi connectivity index (χ2n) is 5.20. The predicted octanol–water partition coefficient (Wildman–Crippen LogP) is 2.76. The van der Waals surface area contributed by atoms with Gasteiger partial charge in [0.1, 0.15) is 11.5 Å². The molecule has 3 rings (SSSR count). The second-order valence-corrected chi connectivity index (χ2v) is 5.20. The van der Waals surface area contributed by atoms with Crippen molar-refractivity contribution in [2.24, 2.45) is 0 Å². The number of nitrogens with zero attached hydrogens (tertiary/aromatic N) is 4. The molecule has 0 saturated carbocycles. The van der Waals surface area contributed by atoms with Crippen LogP contribution in [0.2, 0.25) is 0 Å². The highest BCUT2D eigenvalue weighted by atomic mass is 16.2. The molecular formula is C18H17N5O. The lowest BCUT2D eigenvalue weighted by Gasteiger charge is -2.16. The molecule has 0 aliphatic rings. The van der Waals surface area contributed by atoms with Crippen molar-refractivity contribution in [1.29, 1.82) is 0 Å². The van der Waals surface area contributed by atoms with E-state index in [4.69, 9.17) is 0 Å². The Morgan fingerprint density at radius 1 is 1.04 bits per heavy atom. The molecule has 0 aliphatic carbocycles. The molecule has 6 nitrogen and oxygen atoms in total. The number of nitrogens with one attached hydrogen (secondary N) is 1. The maximum absolute atomic E-state index is 12.4. The van der Waals surface area contributed by atoms with Crippen molar-refractivity contribution < 1.29 is 4.79 Å². The van der Waals surface area contributed by atoms with Crippen LogP contribution in [0.3, 0.4) is 0 Å². The van der Waals surface area contributed by atoms with E-state index < -0.39 is 0 Å². The SMILES string of the molecule is CN(C(=O)c1cnc(NCc2cccnc2)cn1)c1ccccc1. The number of amides is 1. The zero-order valence-electron chi connectivity index (χ0n) is 13.3. The normalized spacial score (nSPS) is 10.2. The fourth-order valence-corrected chi connectivity index (χ4v) is 2.17. The van der Waals surface area contributed by atoms with Crippen LogP contribution in [-0.4, -0.2) is 27.9 Å². The van der Waals surface area contributed by atoms with Gasteiger partial charge >= 0.3 is 0 Å². The van der Waals surface area contributed by atoms with Crippen LogP contribution in [0.1, 0.15) is 16.1 Å². The van der Waals surface area contributed by atoms with Gasteiger partial charge in [-0.05, 0) is 23.8 Å². The number of pyridine rings is 1. The Morgan fingerprint density at radius 3 is 2.54 bits per heavy atom. The molecule has 1 amide bonds. The predicted molar refractivity (Wildman–Crippen MR) is 92.8 cm³/mol. The van der Waals surface area contributed by atoms with Gasteiger partial charge in [-0.3, -0.25) is 9.78 Å². The van der Waals surface area contributed by atoms with Gasteiger partial charge in [-0.15, -0.1) is 0 Å². The molecule has 3 aromatic rings. The van der Waals surface area contributed by atoms with Crippen LogP contribution < -0.4 is 10.2 Å². The average Bonchev–Trinajstić information content (AvgIpc) is 2.67. The van der Waals surface area contributed by atoms with Crippen molar-refractivity contribution in [1.82, 2.24) is 15.0 Å². The van der Waals surface area contributed by atoms with Crippen molar-refractivity contribution in [2.45, 2.75) is 6.54 Å². The highest BCUT2D eigenvalue weighted by molar-refractivity contribution is 6.04. The molecule has 0 saturated heterocycles. The van der Waals surface area contributed by atoms with Crippen molar-refractivity contribution in [3.05, 3.63) is 78.5 Å². The lowest BCUT2D eigenvalue weighted by Crippen LogP contribution is -2.27. The number of hydrogen-bond acceptors (Lipinski definition) is 5. The molecule has 0 radical (unpaired) electrons. The largest absolute Gasteiger partial charge is 0.365 e. The molecule has 0 atom stereocenters. The maximum Gasteiger partial charge on any atom is 0.278 e. The fourth-order valence-electron chi connectivity index (χ4n) is 2.17. The number of hydrogen-bond donors (Lipinski definition) is 1. The van der Waals surface area contributed by atoms with Crippen LogP contribution in [0, 0.1) is 0 Å². The third-order valence-electron chi connectivity index (χ3n) is 3.52. The number of rotatable bonds is 5. The zero-order chi connectivity index (χ0) is 16.8. The molecule has 0 aliphatic heterocycles. The number of benzene rings is 1. The summed E-state index contributed by atoms with van der Waals surface area (Å²) in [4.78, 5) is 26.5. The first kappa shape index (κ1) is 15.6. The standard InChI is InChI=1S/C18H17N5O/c1-23(15-7-3-2-4-8-15)18(24)16-12-22-17(13-20-16)21-11-14-6-5-9-19-10-14/h2-10,12-13H,11H2,1H3,(H,21,22). The number of anilines is 2. The quantitative estimate of drug-likeness (QED) is 0.783. The van der Waals surface area contributed by atoms with Crippen LogP contribution in [0.25, 0.3) is 0 Å². The minimum absolute atomic E-state index is 0.201. The topological polar surface area (TPSA) is 71.0 Å². The van der Waals surface area contributed by atoms with E-state index in [9.17, 15) is 4.79 Å². The first-order valence-electron chi connectivity index (χ1n) is 7.52. The van der Waals surface area contributed by atoms with Gasteiger partial charge in [0, 0.05) is 31.7 Å². The molecule has 1 aromatic carbocycles. The molecule has 120 valence electrons. The summed E-state index contributed by atoms with van der Waals surface area (Å²) in [6.45, 7) is 0.597.